The molecule has 212 valence electrons. The molecule has 40 heavy (non-hydrogen) atoms. The Hall–Kier alpha value is -4.44. The van der Waals surface area contributed by atoms with E-state index in [4.69, 9.17) is 9.47 Å². The molecule has 2 amide bonds. The van der Waals surface area contributed by atoms with Crippen LogP contribution in [0.25, 0.3) is 0 Å². The summed E-state index contributed by atoms with van der Waals surface area (Å²) >= 11 is 0. The smallest absolute Gasteiger partial charge is 0.333 e. The molecule has 3 aromatic rings. The highest BCUT2D eigenvalue weighted by Gasteiger charge is 2.19. The number of nitrogens with zero attached hydrogens (tertiary/aromatic N) is 2. The third kappa shape index (κ3) is 9.39. The number of amides is 2. The molecule has 3 aromatic carbocycles. The number of ether oxygens (including phenoxy) is 2. The van der Waals surface area contributed by atoms with E-state index in [2.05, 4.69) is 5.32 Å². The third-order valence-electron chi connectivity index (χ3n) is 6.30. The molecule has 0 radical (unpaired) electrons. The number of aliphatic carboxylic acids is 1. The Labute approximate surface area is 233 Å². The van der Waals surface area contributed by atoms with Crippen molar-refractivity contribution < 1.29 is 29.1 Å². The number of urea groups is 1. The second-order valence-electron chi connectivity index (χ2n) is 9.24. The van der Waals surface area contributed by atoms with E-state index in [-0.39, 0.29) is 24.7 Å². The van der Waals surface area contributed by atoms with Gasteiger partial charge in [0, 0.05) is 36.9 Å². The lowest BCUT2D eigenvalue weighted by Crippen LogP contribution is -2.38. The van der Waals surface area contributed by atoms with Crippen LogP contribution in [-0.4, -0.2) is 59.3 Å². The average molecular weight is 550 g/mol. The fraction of sp³-hybridized carbons (Fsp3) is 0.333. The molecule has 0 aliphatic carbocycles. The maximum Gasteiger partial charge on any atom is 0.333 e. The SMILES string of the molecule is CCOC(Cc1ccc(OCCN(CCCc2ccccc2)C(=O)Nc2ccc(C)c([N+](=O)[O-])c2)cc1)C(=O)O. The molecule has 10 heteroatoms. The number of nitrogens with one attached hydrogen (secondary N) is 1. The maximum absolute atomic E-state index is 13.1. The van der Waals surface area contributed by atoms with E-state index in [1.807, 2.05) is 30.3 Å². The minimum absolute atomic E-state index is 0.0591. The second-order valence-corrected chi connectivity index (χ2v) is 9.24. The minimum Gasteiger partial charge on any atom is -0.492 e. The molecule has 0 spiro atoms. The van der Waals surface area contributed by atoms with Gasteiger partial charge in [-0.05, 0) is 56.0 Å². The predicted octanol–water partition coefficient (Wildman–Crippen LogP) is 5.48. The molecule has 0 aliphatic rings. The molecule has 0 fully saturated rings. The number of rotatable bonds is 15. The van der Waals surface area contributed by atoms with Crippen LogP contribution < -0.4 is 10.1 Å². The zero-order valence-corrected chi connectivity index (χ0v) is 22.7. The van der Waals surface area contributed by atoms with E-state index < -0.39 is 17.0 Å². The van der Waals surface area contributed by atoms with Gasteiger partial charge >= 0.3 is 12.0 Å². The van der Waals surface area contributed by atoms with Gasteiger partial charge < -0.3 is 24.8 Å². The van der Waals surface area contributed by atoms with E-state index in [0.717, 1.165) is 18.4 Å². The fourth-order valence-corrected chi connectivity index (χ4v) is 4.15. The second kappa shape index (κ2) is 15.2. The quantitative estimate of drug-likeness (QED) is 0.190. The van der Waals surface area contributed by atoms with Crippen molar-refractivity contribution in [3.8, 4) is 5.75 Å². The Morgan fingerprint density at radius 1 is 1.02 bits per heavy atom. The number of carbonyl (C=O) groups is 2. The molecule has 3 rings (SSSR count). The molecule has 0 aliphatic heterocycles. The Bertz CT molecular complexity index is 1270. The lowest BCUT2D eigenvalue weighted by molar-refractivity contribution is -0.385. The van der Waals surface area contributed by atoms with Crippen LogP contribution >= 0.6 is 0 Å². The highest BCUT2D eigenvalue weighted by Crippen LogP contribution is 2.22. The van der Waals surface area contributed by atoms with Crippen LogP contribution in [0.2, 0.25) is 0 Å². The molecule has 1 atom stereocenters. The first-order valence-electron chi connectivity index (χ1n) is 13.2. The standard InChI is InChI=1S/C30H35N3O7/c1-3-39-28(29(34)35)20-24-12-15-26(16-13-24)40-19-18-32(17-7-10-23-8-5-4-6-9-23)30(36)31-25-14-11-22(2)27(21-25)33(37)38/h4-6,8-9,11-16,21,28H,3,7,10,17-20H2,1-2H3,(H,31,36)(H,34,35). The van der Waals surface area contributed by atoms with Gasteiger partial charge in [0.2, 0.25) is 0 Å². The van der Waals surface area contributed by atoms with Crippen molar-refractivity contribution in [2.24, 2.45) is 0 Å². The first kappa shape index (κ1) is 30.1. The number of nitro groups is 1. The summed E-state index contributed by atoms with van der Waals surface area (Å²) in [6.45, 7) is 4.69. The van der Waals surface area contributed by atoms with Crippen LogP contribution in [0.5, 0.6) is 5.75 Å². The molecular weight excluding hydrogens is 514 g/mol. The van der Waals surface area contributed by atoms with Crippen LogP contribution in [-0.2, 0) is 22.4 Å². The van der Waals surface area contributed by atoms with Crippen LogP contribution in [0.1, 0.15) is 30.0 Å². The first-order chi connectivity index (χ1) is 19.3. The van der Waals surface area contributed by atoms with Gasteiger partial charge in [-0.2, -0.15) is 0 Å². The summed E-state index contributed by atoms with van der Waals surface area (Å²) in [5.74, 6) is -0.418. The topological polar surface area (TPSA) is 131 Å². The molecule has 0 saturated heterocycles. The summed E-state index contributed by atoms with van der Waals surface area (Å²) in [4.78, 5) is 37.0. The van der Waals surface area contributed by atoms with Gasteiger partial charge in [-0.1, -0.05) is 48.5 Å². The van der Waals surface area contributed by atoms with Crippen molar-refractivity contribution >= 4 is 23.4 Å². The van der Waals surface area contributed by atoms with Crippen molar-refractivity contribution in [3.05, 3.63) is 99.6 Å². The van der Waals surface area contributed by atoms with Crippen molar-refractivity contribution in [2.75, 3.05) is 31.6 Å². The lowest BCUT2D eigenvalue weighted by atomic mass is 10.1. The van der Waals surface area contributed by atoms with Crippen molar-refractivity contribution in [1.82, 2.24) is 4.90 Å². The number of carbonyl (C=O) groups excluding carboxylic acids is 1. The van der Waals surface area contributed by atoms with Gasteiger partial charge in [-0.15, -0.1) is 0 Å². The van der Waals surface area contributed by atoms with E-state index in [1.165, 1.54) is 11.6 Å². The summed E-state index contributed by atoms with van der Waals surface area (Å²) in [5.41, 5.74) is 2.78. The van der Waals surface area contributed by atoms with Crippen LogP contribution in [0.15, 0.2) is 72.8 Å². The summed E-state index contributed by atoms with van der Waals surface area (Å²) < 4.78 is 11.1. The number of hydrogen-bond donors (Lipinski definition) is 2. The zero-order valence-electron chi connectivity index (χ0n) is 22.7. The normalized spacial score (nSPS) is 11.4. The summed E-state index contributed by atoms with van der Waals surface area (Å²) in [6.07, 6.45) is 0.859. The van der Waals surface area contributed by atoms with Gasteiger partial charge in [0.15, 0.2) is 6.10 Å². The van der Waals surface area contributed by atoms with Gasteiger partial charge in [0.1, 0.15) is 12.4 Å². The third-order valence-corrected chi connectivity index (χ3v) is 6.30. The molecule has 2 N–H and O–H groups in total. The molecule has 10 nitrogen and oxygen atoms in total. The summed E-state index contributed by atoms with van der Waals surface area (Å²) in [7, 11) is 0. The highest BCUT2D eigenvalue weighted by molar-refractivity contribution is 5.89. The van der Waals surface area contributed by atoms with Crippen molar-refractivity contribution in [2.45, 2.75) is 39.2 Å². The van der Waals surface area contributed by atoms with Gasteiger partial charge in [-0.25, -0.2) is 9.59 Å². The number of aryl methyl sites for hydroxylation is 2. The number of nitro benzene ring substituents is 1. The summed E-state index contributed by atoms with van der Waals surface area (Å²) in [5, 5.41) is 23.4. The number of carboxylic acid groups (broad SMARTS) is 1. The Kier molecular flexibility index (Phi) is 11.5. The molecule has 1 unspecified atom stereocenters. The number of anilines is 1. The van der Waals surface area contributed by atoms with Gasteiger partial charge in [0.05, 0.1) is 11.5 Å². The Morgan fingerprint density at radius 2 is 1.75 bits per heavy atom. The largest absolute Gasteiger partial charge is 0.492 e. The van der Waals surface area contributed by atoms with E-state index in [0.29, 0.717) is 36.7 Å². The van der Waals surface area contributed by atoms with E-state index >= 15 is 0 Å². The maximum atomic E-state index is 13.1. The molecule has 0 aromatic heterocycles. The Balaban J connectivity index is 1.61. The van der Waals surface area contributed by atoms with E-state index in [1.54, 1.807) is 55.1 Å². The number of benzene rings is 3. The van der Waals surface area contributed by atoms with Gasteiger partial charge in [0.25, 0.3) is 5.69 Å². The van der Waals surface area contributed by atoms with E-state index in [9.17, 15) is 24.8 Å². The average Bonchev–Trinajstić information content (AvgIpc) is 2.94. The molecule has 0 heterocycles. The fourth-order valence-electron chi connectivity index (χ4n) is 4.15. The monoisotopic (exact) mass is 549 g/mol. The predicted molar refractivity (Wildman–Crippen MR) is 152 cm³/mol. The highest BCUT2D eigenvalue weighted by atomic mass is 16.6. The minimum atomic E-state index is -1.01. The first-order valence-corrected chi connectivity index (χ1v) is 13.2. The lowest BCUT2D eigenvalue weighted by Gasteiger charge is -2.23. The van der Waals surface area contributed by atoms with Crippen LogP contribution in [0.3, 0.4) is 0 Å². The van der Waals surface area contributed by atoms with Gasteiger partial charge in [-0.3, -0.25) is 10.1 Å². The zero-order chi connectivity index (χ0) is 28.9. The van der Waals surface area contributed by atoms with Crippen molar-refractivity contribution in [3.63, 3.8) is 0 Å². The number of carboxylic acids is 1. The Morgan fingerprint density at radius 3 is 2.40 bits per heavy atom. The molecule has 0 bridgehead atoms. The molecule has 0 saturated carbocycles. The molecular formula is C30H35N3O7. The number of hydrogen-bond acceptors (Lipinski definition) is 6. The van der Waals surface area contributed by atoms with Crippen molar-refractivity contribution in [1.29, 1.82) is 0 Å². The summed E-state index contributed by atoms with van der Waals surface area (Å²) in [6, 6.07) is 21.3. The van der Waals surface area contributed by atoms with Crippen LogP contribution in [0, 0.1) is 17.0 Å². The van der Waals surface area contributed by atoms with Crippen LogP contribution in [0.4, 0.5) is 16.2 Å².